The third-order valence-corrected chi connectivity index (χ3v) is 8.85. The Hall–Kier alpha value is -4.41. The van der Waals surface area contributed by atoms with Gasteiger partial charge in [-0.3, -0.25) is 9.59 Å². The summed E-state index contributed by atoms with van der Waals surface area (Å²) in [5, 5.41) is 15.6. The minimum Gasteiger partial charge on any atom is -0.477 e. The van der Waals surface area contributed by atoms with Crippen LogP contribution in [0.4, 0.5) is 14.9 Å². The van der Waals surface area contributed by atoms with Crippen LogP contribution in [0.3, 0.4) is 0 Å². The van der Waals surface area contributed by atoms with Crippen LogP contribution in [0, 0.1) is 11.8 Å². The largest absolute Gasteiger partial charge is 0.477 e. The minimum atomic E-state index is -1.07. The number of aromatic amines is 1. The molecule has 2 aliphatic rings. The molecule has 1 aliphatic carbocycles. The van der Waals surface area contributed by atoms with Crippen LogP contribution in [0.15, 0.2) is 54.6 Å². The molecule has 10 nitrogen and oxygen atoms in total. The number of benzene rings is 2. The molecule has 45 heavy (non-hydrogen) atoms. The molecule has 3 atom stereocenters. The molecule has 1 aromatic heterocycles. The molecule has 0 radical (unpaired) electrons. The zero-order valence-corrected chi connectivity index (χ0v) is 25.8. The smallest absolute Gasteiger partial charge is 0.407 e. The van der Waals surface area contributed by atoms with E-state index >= 15 is 0 Å². The number of H-pyrrole nitrogens is 1. The van der Waals surface area contributed by atoms with Crippen LogP contribution < -0.4 is 10.6 Å². The maximum Gasteiger partial charge on any atom is 0.407 e. The number of nitrogens with one attached hydrogen (secondary N) is 3. The number of aromatic carboxylic acids is 1. The molecule has 0 spiro atoms. The van der Waals surface area contributed by atoms with Gasteiger partial charge in [0.15, 0.2) is 0 Å². The molecule has 3 aromatic rings. The predicted molar refractivity (Wildman–Crippen MR) is 168 cm³/mol. The number of nitrogens with zero attached hydrogens (tertiary/aromatic N) is 1. The lowest BCUT2D eigenvalue weighted by Gasteiger charge is -2.36. The van der Waals surface area contributed by atoms with Gasteiger partial charge in [0.2, 0.25) is 11.8 Å². The zero-order valence-electron chi connectivity index (χ0n) is 25.8. The second-order valence-electron chi connectivity index (χ2n) is 13.1. The van der Waals surface area contributed by atoms with Crippen molar-refractivity contribution in [2.75, 3.05) is 18.5 Å². The SMILES string of the molecule is CC(C)(C)OC(=O)N[C@H](CF)C1CCC(C(=O)N2CC[C@@H](c3ccccc3)[C@@H]2C(=O)Nc2ccc3[nH]c(C(=O)O)cc3c2)CC1. The molecular weight excluding hydrogens is 579 g/mol. The van der Waals surface area contributed by atoms with Gasteiger partial charge in [-0.25, -0.2) is 14.0 Å². The van der Waals surface area contributed by atoms with Gasteiger partial charge in [-0.2, -0.15) is 0 Å². The van der Waals surface area contributed by atoms with Crippen LogP contribution in [0.5, 0.6) is 0 Å². The lowest BCUT2D eigenvalue weighted by atomic mass is 9.78. The summed E-state index contributed by atoms with van der Waals surface area (Å²) in [6, 6.07) is 14.9. The van der Waals surface area contributed by atoms with Gasteiger partial charge in [0.05, 0.1) is 6.04 Å². The van der Waals surface area contributed by atoms with E-state index in [1.54, 1.807) is 43.9 Å². The molecule has 240 valence electrons. The number of aromatic nitrogens is 1. The number of ether oxygens (including phenoxy) is 1. The number of rotatable bonds is 8. The Labute approximate surface area is 261 Å². The van der Waals surface area contributed by atoms with Crippen LogP contribution in [-0.4, -0.2) is 69.8 Å². The van der Waals surface area contributed by atoms with Gasteiger partial charge in [0, 0.05) is 35.0 Å². The number of fused-ring (bicyclic) bond motifs is 1. The number of carboxylic acids is 1. The van der Waals surface area contributed by atoms with E-state index in [0.29, 0.717) is 55.2 Å². The van der Waals surface area contributed by atoms with Crippen molar-refractivity contribution < 1.29 is 33.4 Å². The van der Waals surface area contributed by atoms with Gasteiger partial charge in [-0.05, 0) is 88.6 Å². The van der Waals surface area contributed by atoms with Crippen molar-refractivity contribution in [3.8, 4) is 0 Å². The molecule has 2 fully saturated rings. The Morgan fingerprint density at radius 2 is 1.73 bits per heavy atom. The summed E-state index contributed by atoms with van der Waals surface area (Å²) in [7, 11) is 0. The number of carbonyl (C=O) groups is 4. The third-order valence-electron chi connectivity index (χ3n) is 8.85. The van der Waals surface area contributed by atoms with E-state index in [1.165, 1.54) is 6.07 Å². The number of amides is 3. The summed E-state index contributed by atoms with van der Waals surface area (Å²) in [4.78, 5) is 56.1. The average Bonchev–Trinajstić information content (AvgIpc) is 3.64. The van der Waals surface area contributed by atoms with Gasteiger partial charge in [-0.15, -0.1) is 0 Å². The minimum absolute atomic E-state index is 0.0540. The summed E-state index contributed by atoms with van der Waals surface area (Å²) in [6.45, 7) is 4.96. The number of likely N-dealkylation sites (tertiary alicyclic amines) is 1. The standard InChI is InChI=1S/C34H41FN4O6/c1-34(2,3)45-33(44)38-28(19-35)21-9-11-22(12-10-21)31(41)39-16-15-25(20-7-5-4-6-8-20)29(39)30(40)36-24-13-14-26-23(17-24)18-27(37-26)32(42)43/h4-8,13-14,17-18,21-22,25,28-29,37H,9-12,15-16,19H2,1-3H3,(H,36,40)(H,38,44)(H,42,43)/t21?,22?,25-,28+,29+/m0/s1. The van der Waals surface area contributed by atoms with E-state index in [1.807, 2.05) is 30.3 Å². The van der Waals surface area contributed by atoms with E-state index in [4.69, 9.17) is 4.74 Å². The Morgan fingerprint density at radius 3 is 2.38 bits per heavy atom. The monoisotopic (exact) mass is 620 g/mol. The summed E-state index contributed by atoms with van der Waals surface area (Å²) in [5.41, 5.74) is 1.48. The summed E-state index contributed by atoms with van der Waals surface area (Å²) in [6.07, 6.45) is 2.19. The number of anilines is 1. The Morgan fingerprint density at radius 1 is 1.02 bits per heavy atom. The lowest BCUT2D eigenvalue weighted by Crippen LogP contribution is -2.49. The second kappa shape index (κ2) is 13.3. The molecule has 0 unspecified atom stereocenters. The number of hydrogen-bond donors (Lipinski definition) is 4. The van der Waals surface area contributed by atoms with E-state index in [2.05, 4.69) is 15.6 Å². The molecule has 1 aliphatic heterocycles. The summed E-state index contributed by atoms with van der Waals surface area (Å²) in [5.74, 6) is -2.09. The molecule has 5 rings (SSSR count). The number of hydrogen-bond acceptors (Lipinski definition) is 5. The number of carboxylic acid groups (broad SMARTS) is 1. The first-order chi connectivity index (χ1) is 21.4. The highest BCUT2D eigenvalue weighted by molar-refractivity contribution is 6.01. The highest BCUT2D eigenvalue weighted by Crippen LogP contribution is 2.39. The highest BCUT2D eigenvalue weighted by atomic mass is 19.1. The Bertz CT molecular complexity index is 1540. The molecule has 1 saturated heterocycles. The van der Waals surface area contributed by atoms with E-state index in [9.17, 15) is 28.7 Å². The average molecular weight is 621 g/mol. The third kappa shape index (κ3) is 7.46. The van der Waals surface area contributed by atoms with Gasteiger partial charge in [0.25, 0.3) is 0 Å². The molecule has 1 saturated carbocycles. The van der Waals surface area contributed by atoms with Crippen LogP contribution >= 0.6 is 0 Å². The van der Waals surface area contributed by atoms with E-state index < -0.39 is 36.4 Å². The van der Waals surface area contributed by atoms with Crippen molar-refractivity contribution in [2.45, 2.75) is 76.5 Å². The van der Waals surface area contributed by atoms with Crippen molar-refractivity contribution in [1.29, 1.82) is 0 Å². The van der Waals surface area contributed by atoms with Gasteiger partial charge < -0.3 is 30.4 Å². The fourth-order valence-electron chi connectivity index (χ4n) is 6.70. The van der Waals surface area contributed by atoms with Crippen molar-refractivity contribution >= 4 is 40.5 Å². The van der Waals surface area contributed by atoms with Gasteiger partial charge in [0.1, 0.15) is 24.0 Å². The maximum atomic E-state index is 14.0. The van der Waals surface area contributed by atoms with Crippen LogP contribution in [0.2, 0.25) is 0 Å². The van der Waals surface area contributed by atoms with Crippen molar-refractivity contribution in [3.05, 3.63) is 65.9 Å². The zero-order chi connectivity index (χ0) is 32.3. The van der Waals surface area contributed by atoms with Crippen LogP contribution in [0.25, 0.3) is 10.9 Å². The first-order valence-corrected chi connectivity index (χ1v) is 15.5. The first kappa shape index (κ1) is 32.0. The van der Waals surface area contributed by atoms with Gasteiger partial charge in [-0.1, -0.05) is 30.3 Å². The first-order valence-electron chi connectivity index (χ1n) is 15.5. The molecular formula is C34H41FN4O6. The second-order valence-corrected chi connectivity index (χ2v) is 13.1. The number of carbonyl (C=O) groups excluding carboxylic acids is 3. The quantitative estimate of drug-likeness (QED) is 0.249. The predicted octanol–water partition coefficient (Wildman–Crippen LogP) is 5.86. The number of halogens is 1. The Balaban J connectivity index is 1.29. The van der Waals surface area contributed by atoms with Gasteiger partial charge >= 0.3 is 12.1 Å². The van der Waals surface area contributed by atoms with Crippen molar-refractivity contribution in [3.63, 3.8) is 0 Å². The summed E-state index contributed by atoms with van der Waals surface area (Å²) >= 11 is 0. The normalized spacial score (nSPS) is 22.5. The number of alkyl halides is 1. The van der Waals surface area contributed by atoms with E-state index in [0.717, 1.165) is 5.56 Å². The molecule has 0 bridgehead atoms. The lowest BCUT2D eigenvalue weighted by molar-refractivity contribution is -0.141. The van der Waals surface area contributed by atoms with Crippen molar-refractivity contribution in [1.82, 2.24) is 15.2 Å². The molecule has 2 heterocycles. The molecule has 2 aromatic carbocycles. The Kier molecular flexibility index (Phi) is 9.45. The van der Waals surface area contributed by atoms with Crippen molar-refractivity contribution in [2.24, 2.45) is 11.8 Å². The molecule has 4 N–H and O–H groups in total. The fraction of sp³-hybridized carbons (Fsp3) is 0.471. The van der Waals surface area contributed by atoms with Crippen LogP contribution in [0.1, 0.15) is 74.8 Å². The molecule has 3 amide bonds. The fourth-order valence-corrected chi connectivity index (χ4v) is 6.70. The summed E-state index contributed by atoms with van der Waals surface area (Å²) < 4.78 is 19.3. The topological polar surface area (TPSA) is 141 Å². The number of alkyl carbamates (subject to hydrolysis) is 1. The highest BCUT2D eigenvalue weighted by Gasteiger charge is 2.45. The molecule has 11 heteroatoms. The van der Waals surface area contributed by atoms with Crippen LogP contribution in [-0.2, 0) is 14.3 Å². The maximum absolute atomic E-state index is 14.0. The van der Waals surface area contributed by atoms with E-state index in [-0.39, 0.29) is 35.3 Å².